The molecule has 3 aromatic rings. The van der Waals surface area contributed by atoms with E-state index >= 15 is 8.78 Å². The number of ether oxygens (including phenoxy) is 2. The number of allylic oxidation sites excluding steroid dienone is 1. The maximum Gasteiger partial charge on any atom is 0.204 e. The number of hydrogen-bond donors (Lipinski definition) is 1. The molecular weight excluding hydrogens is 532 g/mol. The van der Waals surface area contributed by atoms with Gasteiger partial charge in [-0.3, -0.25) is 0 Å². The van der Waals surface area contributed by atoms with E-state index in [1.165, 1.54) is 12.1 Å². The molecule has 220 valence electrons. The lowest BCUT2D eigenvalue weighted by atomic mass is 9.75. The molecule has 1 fully saturated rings. The lowest BCUT2D eigenvalue weighted by Crippen LogP contribution is -2.25. The summed E-state index contributed by atoms with van der Waals surface area (Å²) in [5.74, 6) is -4.22. The van der Waals surface area contributed by atoms with Crippen molar-refractivity contribution in [1.82, 2.24) is 0 Å². The Hall–Kier alpha value is -3.32. The molecule has 1 saturated carbocycles. The zero-order chi connectivity index (χ0) is 29.4. The number of rotatable bonds is 13. The van der Waals surface area contributed by atoms with Gasteiger partial charge in [0.15, 0.2) is 23.1 Å². The highest BCUT2D eigenvalue weighted by molar-refractivity contribution is 5.65. The standard InChI is InChI=1S/C34H38F4O3/c1-3-5-6-20-40-29-18-19-30(34(38)33(29)37)41-21-22-8-10-23(11-9-22)26-16-17-27(32(36)31(26)35)24-12-14-25(15-13-24)28(39)7-4-2/h3,8-11,16-19,24-25,28,39H,1,4-7,12-15,20-21H2,2H3. The zero-order valence-corrected chi connectivity index (χ0v) is 23.5. The molecule has 0 radical (unpaired) electrons. The van der Waals surface area contributed by atoms with Crippen LogP contribution in [0.15, 0.2) is 61.2 Å². The van der Waals surface area contributed by atoms with Gasteiger partial charge in [-0.15, -0.1) is 6.58 Å². The molecule has 1 aliphatic carbocycles. The molecule has 1 aliphatic rings. The largest absolute Gasteiger partial charge is 0.490 e. The zero-order valence-electron chi connectivity index (χ0n) is 23.5. The molecule has 3 aromatic carbocycles. The molecule has 0 amide bonds. The summed E-state index contributed by atoms with van der Waals surface area (Å²) < 4.78 is 69.9. The van der Waals surface area contributed by atoms with E-state index in [0.29, 0.717) is 29.5 Å². The molecule has 1 N–H and O–H groups in total. The van der Waals surface area contributed by atoms with Gasteiger partial charge in [0.05, 0.1) is 12.7 Å². The highest BCUT2D eigenvalue weighted by Crippen LogP contribution is 2.40. The van der Waals surface area contributed by atoms with Crippen LogP contribution in [0.1, 0.15) is 75.3 Å². The third-order valence-electron chi connectivity index (χ3n) is 7.93. The molecule has 4 rings (SSSR count). The molecule has 1 unspecified atom stereocenters. The van der Waals surface area contributed by atoms with Crippen molar-refractivity contribution in [3.63, 3.8) is 0 Å². The van der Waals surface area contributed by atoms with Gasteiger partial charge in [-0.1, -0.05) is 55.8 Å². The molecule has 0 bridgehead atoms. The Morgan fingerprint density at radius 2 is 1.51 bits per heavy atom. The highest BCUT2D eigenvalue weighted by atomic mass is 19.2. The third kappa shape index (κ3) is 7.50. The Balaban J connectivity index is 1.37. The SMILES string of the molecule is C=CCCCOc1ccc(OCc2ccc(-c3ccc(C4CCC(C(O)CCC)CC4)c(F)c3F)cc2)c(F)c1F. The number of benzene rings is 3. The molecule has 0 heterocycles. The second kappa shape index (κ2) is 14.5. The van der Waals surface area contributed by atoms with Crippen molar-refractivity contribution in [3.8, 4) is 22.6 Å². The summed E-state index contributed by atoms with van der Waals surface area (Å²) in [6.45, 7) is 5.85. The van der Waals surface area contributed by atoms with Crippen LogP contribution in [-0.4, -0.2) is 17.8 Å². The first-order valence-electron chi connectivity index (χ1n) is 14.4. The second-order valence-electron chi connectivity index (χ2n) is 10.8. The lowest BCUT2D eigenvalue weighted by molar-refractivity contribution is 0.0727. The van der Waals surface area contributed by atoms with Crippen LogP contribution in [0.2, 0.25) is 0 Å². The number of hydrogen-bond acceptors (Lipinski definition) is 3. The van der Waals surface area contributed by atoms with E-state index in [1.54, 1.807) is 42.5 Å². The monoisotopic (exact) mass is 570 g/mol. The van der Waals surface area contributed by atoms with Crippen LogP contribution in [-0.2, 0) is 6.61 Å². The molecule has 7 heteroatoms. The smallest absolute Gasteiger partial charge is 0.204 e. The summed E-state index contributed by atoms with van der Waals surface area (Å²) in [5, 5.41) is 10.3. The van der Waals surface area contributed by atoms with Crippen LogP contribution in [0, 0.1) is 29.2 Å². The van der Waals surface area contributed by atoms with E-state index in [9.17, 15) is 13.9 Å². The number of aliphatic hydroxyl groups is 1. The molecule has 0 aliphatic heterocycles. The van der Waals surface area contributed by atoms with Crippen LogP contribution in [0.5, 0.6) is 11.5 Å². The van der Waals surface area contributed by atoms with Gasteiger partial charge in [0, 0.05) is 5.56 Å². The van der Waals surface area contributed by atoms with Gasteiger partial charge < -0.3 is 14.6 Å². The van der Waals surface area contributed by atoms with Gasteiger partial charge >= 0.3 is 0 Å². The molecule has 0 spiro atoms. The summed E-state index contributed by atoms with van der Waals surface area (Å²) in [6, 6.07) is 12.6. The second-order valence-corrected chi connectivity index (χ2v) is 10.8. The van der Waals surface area contributed by atoms with E-state index in [1.807, 2.05) is 6.92 Å². The number of unbranched alkanes of at least 4 members (excludes halogenated alkanes) is 1. The minimum atomic E-state index is -1.13. The van der Waals surface area contributed by atoms with Crippen molar-refractivity contribution in [2.75, 3.05) is 6.61 Å². The summed E-state index contributed by atoms with van der Waals surface area (Å²) in [5.41, 5.74) is 1.70. The average molecular weight is 571 g/mol. The van der Waals surface area contributed by atoms with Crippen LogP contribution in [0.3, 0.4) is 0 Å². The predicted octanol–water partition coefficient (Wildman–Crippen LogP) is 9.27. The van der Waals surface area contributed by atoms with Crippen molar-refractivity contribution in [2.24, 2.45) is 5.92 Å². The van der Waals surface area contributed by atoms with Crippen molar-refractivity contribution < 1.29 is 32.1 Å². The third-order valence-corrected chi connectivity index (χ3v) is 7.93. The molecule has 0 saturated heterocycles. The Morgan fingerprint density at radius 1 is 0.854 bits per heavy atom. The normalized spacial score (nSPS) is 17.7. The van der Waals surface area contributed by atoms with E-state index in [0.717, 1.165) is 38.5 Å². The molecular formula is C34H38F4O3. The van der Waals surface area contributed by atoms with E-state index in [2.05, 4.69) is 6.58 Å². The van der Waals surface area contributed by atoms with Gasteiger partial charge in [0.25, 0.3) is 0 Å². The first-order valence-corrected chi connectivity index (χ1v) is 14.4. The molecule has 41 heavy (non-hydrogen) atoms. The first kappa shape index (κ1) is 30.6. The van der Waals surface area contributed by atoms with Gasteiger partial charge in [-0.2, -0.15) is 8.78 Å². The Kier molecular flexibility index (Phi) is 10.9. The van der Waals surface area contributed by atoms with E-state index in [-0.39, 0.29) is 48.2 Å². The summed E-state index contributed by atoms with van der Waals surface area (Å²) in [7, 11) is 0. The van der Waals surface area contributed by atoms with Crippen LogP contribution in [0.25, 0.3) is 11.1 Å². The average Bonchev–Trinajstić information content (AvgIpc) is 2.99. The Labute approximate surface area is 239 Å². The van der Waals surface area contributed by atoms with E-state index in [4.69, 9.17) is 9.47 Å². The number of aliphatic hydroxyl groups excluding tert-OH is 1. The van der Waals surface area contributed by atoms with E-state index < -0.39 is 23.3 Å². The van der Waals surface area contributed by atoms with Gasteiger partial charge in [0.1, 0.15) is 6.61 Å². The number of halogens is 4. The van der Waals surface area contributed by atoms with Crippen molar-refractivity contribution in [1.29, 1.82) is 0 Å². The quantitative estimate of drug-likeness (QED) is 0.126. The maximum absolute atomic E-state index is 15.2. The van der Waals surface area contributed by atoms with Crippen LogP contribution in [0.4, 0.5) is 17.6 Å². The van der Waals surface area contributed by atoms with Crippen LogP contribution < -0.4 is 9.47 Å². The summed E-state index contributed by atoms with van der Waals surface area (Å²) >= 11 is 0. The fourth-order valence-corrected chi connectivity index (χ4v) is 5.54. The predicted molar refractivity (Wildman–Crippen MR) is 153 cm³/mol. The molecule has 1 atom stereocenters. The lowest BCUT2D eigenvalue weighted by Gasteiger charge is -2.32. The maximum atomic E-state index is 15.2. The van der Waals surface area contributed by atoms with Crippen LogP contribution >= 0.6 is 0 Å². The van der Waals surface area contributed by atoms with Gasteiger partial charge in [-0.05, 0) is 85.6 Å². The Bertz CT molecular complexity index is 1300. The minimum absolute atomic E-state index is 0.0401. The fraction of sp³-hybridized carbons (Fsp3) is 0.412. The molecule has 0 aromatic heterocycles. The first-order chi connectivity index (χ1) is 19.8. The van der Waals surface area contributed by atoms with Crippen molar-refractivity contribution in [2.45, 2.75) is 76.9 Å². The van der Waals surface area contributed by atoms with Crippen molar-refractivity contribution in [3.05, 3.63) is 95.6 Å². The topological polar surface area (TPSA) is 38.7 Å². The van der Waals surface area contributed by atoms with Crippen molar-refractivity contribution >= 4 is 0 Å². The highest BCUT2D eigenvalue weighted by Gasteiger charge is 2.29. The summed E-state index contributed by atoms with van der Waals surface area (Å²) in [4.78, 5) is 0. The fourth-order valence-electron chi connectivity index (χ4n) is 5.54. The summed E-state index contributed by atoms with van der Waals surface area (Å²) in [6.07, 6.45) is 7.53. The van der Waals surface area contributed by atoms with Gasteiger partial charge in [-0.25, -0.2) is 8.78 Å². The molecule has 3 nitrogen and oxygen atoms in total. The minimum Gasteiger partial charge on any atom is -0.490 e. The Morgan fingerprint density at radius 3 is 2.15 bits per heavy atom. The van der Waals surface area contributed by atoms with Gasteiger partial charge in [0.2, 0.25) is 11.6 Å².